The number of benzene rings is 2. The molecule has 0 saturated carbocycles. The smallest absolute Gasteiger partial charge is 0.251 e. The number of allylic oxidation sites excluding steroid dienone is 1. The average Bonchev–Trinajstić information content (AvgIpc) is 3.24. The normalized spacial score (nSPS) is 11.7. The fourth-order valence-electron chi connectivity index (χ4n) is 3.31. The van der Waals surface area contributed by atoms with Crippen molar-refractivity contribution in [3.8, 4) is 5.75 Å². The van der Waals surface area contributed by atoms with Crippen LogP contribution in [0.2, 0.25) is 5.02 Å². The average molecular weight is 514 g/mol. The molecule has 0 aliphatic heterocycles. The van der Waals surface area contributed by atoms with Crippen LogP contribution in [0.15, 0.2) is 66.3 Å². The second-order valence-electron chi connectivity index (χ2n) is 7.98. The van der Waals surface area contributed by atoms with Gasteiger partial charge in [0.1, 0.15) is 5.75 Å². The lowest BCUT2D eigenvalue weighted by Crippen LogP contribution is -2.33. The Morgan fingerprint density at radius 2 is 1.89 bits per heavy atom. The second-order valence-corrected chi connectivity index (χ2v) is 9.33. The van der Waals surface area contributed by atoms with Crippen molar-refractivity contribution in [3.05, 3.63) is 77.6 Å². The Bertz CT molecular complexity index is 1180. The standard InChI is InChI=1S/C25H28ClN5O3S/c1-5-14-31-23(22(16(2)3)28-24(33)17-10-12-18(34-4)13-11-17)29-30-25(31)35-15-21(32)27-20-9-7-6-8-19(20)26/h5-13,16,22H,1,14-15H2,2-4H3,(H,27,32)(H,28,33)/t22-/m1/s1. The molecule has 0 aliphatic carbocycles. The SMILES string of the molecule is C=CCn1c(SCC(=O)Nc2ccccc2Cl)nnc1[C@H](NC(=O)c1ccc(OC)cc1)C(C)C. The molecule has 0 radical (unpaired) electrons. The lowest BCUT2D eigenvalue weighted by atomic mass is 10.0. The molecule has 1 heterocycles. The number of nitrogens with one attached hydrogen (secondary N) is 2. The highest BCUT2D eigenvalue weighted by atomic mass is 35.5. The van der Waals surface area contributed by atoms with Crippen molar-refractivity contribution in [3.63, 3.8) is 0 Å². The van der Waals surface area contributed by atoms with Crippen LogP contribution in [0.25, 0.3) is 0 Å². The summed E-state index contributed by atoms with van der Waals surface area (Å²) in [5, 5.41) is 15.5. The lowest BCUT2D eigenvalue weighted by Gasteiger charge is -2.22. The third-order valence-corrected chi connectivity index (χ3v) is 6.42. The van der Waals surface area contributed by atoms with E-state index in [-0.39, 0.29) is 23.5 Å². The second kappa shape index (κ2) is 12.4. The number of rotatable bonds is 11. The van der Waals surface area contributed by atoms with Crippen LogP contribution in [0, 0.1) is 5.92 Å². The summed E-state index contributed by atoms with van der Waals surface area (Å²) < 4.78 is 7.02. The number of ether oxygens (including phenoxy) is 1. The summed E-state index contributed by atoms with van der Waals surface area (Å²) in [6.45, 7) is 8.25. The minimum Gasteiger partial charge on any atom is -0.497 e. The van der Waals surface area contributed by atoms with Crippen molar-refractivity contribution in [2.45, 2.75) is 31.6 Å². The fraction of sp³-hybridized carbons (Fsp3) is 0.280. The first-order chi connectivity index (χ1) is 16.8. The topological polar surface area (TPSA) is 98.1 Å². The van der Waals surface area contributed by atoms with Crippen LogP contribution < -0.4 is 15.4 Å². The van der Waals surface area contributed by atoms with E-state index in [1.807, 2.05) is 18.4 Å². The zero-order valence-electron chi connectivity index (χ0n) is 19.8. The largest absolute Gasteiger partial charge is 0.497 e. The molecular weight excluding hydrogens is 486 g/mol. The number of carbonyl (C=O) groups is 2. The highest BCUT2D eigenvalue weighted by Gasteiger charge is 2.26. The monoisotopic (exact) mass is 513 g/mol. The number of aromatic nitrogens is 3. The first-order valence-corrected chi connectivity index (χ1v) is 12.4. The molecule has 0 unspecified atom stereocenters. The Labute approximate surface area is 214 Å². The van der Waals surface area contributed by atoms with Gasteiger partial charge in [-0.3, -0.25) is 9.59 Å². The number of carbonyl (C=O) groups excluding carboxylic acids is 2. The van der Waals surface area contributed by atoms with Gasteiger partial charge in [-0.25, -0.2) is 0 Å². The van der Waals surface area contributed by atoms with Crippen molar-refractivity contribution >= 4 is 40.9 Å². The van der Waals surface area contributed by atoms with Gasteiger partial charge in [0.15, 0.2) is 11.0 Å². The van der Waals surface area contributed by atoms with Crippen molar-refractivity contribution in [1.82, 2.24) is 20.1 Å². The van der Waals surface area contributed by atoms with Crippen LogP contribution in [0.1, 0.15) is 36.1 Å². The molecule has 2 amide bonds. The van der Waals surface area contributed by atoms with Gasteiger partial charge in [0.05, 0.1) is 29.6 Å². The van der Waals surface area contributed by atoms with Crippen LogP contribution >= 0.6 is 23.4 Å². The zero-order chi connectivity index (χ0) is 25.4. The summed E-state index contributed by atoms with van der Waals surface area (Å²) in [4.78, 5) is 25.4. The molecule has 0 saturated heterocycles. The molecule has 35 heavy (non-hydrogen) atoms. The van der Waals surface area contributed by atoms with Gasteiger partial charge in [0.2, 0.25) is 5.91 Å². The maximum Gasteiger partial charge on any atom is 0.251 e. The zero-order valence-corrected chi connectivity index (χ0v) is 21.4. The molecule has 10 heteroatoms. The maximum absolute atomic E-state index is 12.9. The number of thioether (sulfide) groups is 1. The number of amides is 2. The van der Waals surface area contributed by atoms with E-state index in [0.29, 0.717) is 39.5 Å². The van der Waals surface area contributed by atoms with Gasteiger partial charge in [-0.15, -0.1) is 16.8 Å². The van der Waals surface area contributed by atoms with Gasteiger partial charge >= 0.3 is 0 Å². The minimum absolute atomic E-state index is 0.0336. The molecule has 8 nitrogen and oxygen atoms in total. The molecular formula is C25H28ClN5O3S. The highest BCUT2D eigenvalue weighted by Crippen LogP contribution is 2.27. The Morgan fingerprint density at radius 1 is 1.17 bits per heavy atom. The molecule has 0 aliphatic rings. The first-order valence-electron chi connectivity index (χ1n) is 11.0. The minimum atomic E-state index is -0.400. The van der Waals surface area contributed by atoms with E-state index >= 15 is 0 Å². The third-order valence-electron chi connectivity index (χ3n) is 5.12. The number of nitrogens with zero attached hydrogens (tertiary/aromatic N) is 3. The van der Waals surface area contributed by atoms with Gasteiger partial charge < -0.3 is 19.9 Å². The van der Waals surface area contributed by atoms with E-state index < -0.39 is 6.04 Å². The summed E-state index contributed by atoms with van der Waals surface area (Å²) in [7, 11) is 1.58. The Hall–Kier alpha value is -3.30. The van der Waals surface area contributed by atoms with Crippen molar-refractivity contribution < 1.29 is 14.3 Å². The molecule has 1 aromatic heterocycles. The highest BCUT2D eigenvalue weighted by molar-refractivity contribution is 7.99. The maximum atomic E-state index is 12.9. The number of para-hydroxylation sites is 1. The first kappa shape index (κ1) is 26.3. The molecule has 2 aromatic carbocycles. The number of methoxy groups -OCH3 is 1. The van der Waals surface area contributed by atoms with Crippen molar-refractivity contribution in [2.75, 3.05) is 18.2 Å². The molecule has 3 rings (SSSR count). The van der Waals surface area contributed by atoms with Crippen molar-refractivity contribution in [2.24, 2.45) is 5.92 Å². The van der Waals surface area contributed by atoms with E-state index in [9.17, 15) is 9.59 Å². The van der Waals surface area contributed by atoms with Crippen LogP contribution in [0.4, 0.5) is 5.69 Å². The van der Waals surface area contributed by atoms with Crippen LogP contribution in [0.3, 0.4) is 0 Å². The van der Waals surface area contributed by atoms with Crippen LogP contribution in [0.5, 0.6) is 5.75 Å². The number of hydrogen-bond acceptors (Lipinski definition) is 6. The molecule has 1 atom stereocenters. The van der Waals surface area contributed by atoms with E-state index in [2.05, 4.69) is 27.4 Å². The number of anilines is 1. The van der Waals surface area contributed by atoms with E-state index in [0.717, 1.165) is 0 Å². The Kier molecular flexibility index (Phi) is 9.33. The van der Waals surface area contributed by atoms with Gasteiger partial charge in [0, 0.05) is 12.1 Å². The fourth-order valence-corrected chi connectivity index (χ4v) is 4.25. The summed E-state index contributed by atoms with van der Waals surface area (Å²) in [5.41, 5.74) is 1.06. The molecule has 3 aromatic rings. The number of halogens is 1. The summed E-state index contributed by atoms with van der Waals surface area (Å²) in [5.74, 6) is 0.972. The quantitative estimate of drug-likeness (QED) is 0.277. The molecule has 0 bridgehead atoms. The van der Waals surface area contributed by atoms with Gasteiger partial charge in [-0.05, 0) is 42.3 Å². The van der Waals surface area contributed by atoms with E-state index in [1.165, 1.54) is 11.8 Å². The summed E-state index contributed by atoms with van der Waals surface area (Å²) in [6, 6.07) is 13.5. The van der Waals surface area contributed by atoms with Crippen LogP contribution in [-0.4, -0.2) is 39.4 Å². The predicted molar refractivity (Wildman–Crippen MR) is 139 cm³/mol. The van der Waals surface area contributed by atoms with Crippen LogP contribution in [-0.2, 0) is 11.3 Å². The van der Waals surface area contributed by atoms with Gasteiger partial charge in [-0.2, -0.15) is 0 Å². The third kappa shape index (κ3) is 6.86. The molecule has 0 fully saturated rings. The van der Waals surface area contributed by atoms with E-state index in [4.69, 9.17) is 16.3 Å². The lowest BCUT2D eigenvalue weighted by molar-refractivity contribution is -0.113. The number of hydrogen-bond donors (Lipinski definition) is 2. The Balaban J connectivity index is 1.75. The molecule has 184 valence electrons. The molecule has 2 N–H and O–H groups in total. The Morgan fingerprint density at radius 3 is 2.51 bits per heavy atom. The summed E-state index contributed by atoms with van der Waals surface area (Å²) >= 11 is 7.37. The van der Waals surface area contributed by atoms with Gasteiger partial charge in [0.25, 0.3) is 5.91 Å². The summed E-state index contributed by atoms with van der Waals surface area (Å²) in [6.07, 6.45) is 1.73. The predicted octanol–water partition coefficient (Wildman–Crippen LogP) is 4.98. The van der Waals surface area contributed by atoms with Crippen molar-refractivity contribution in [1.29, 1.82) is 0 Å². The molecule has 0 spiro atoms. The van der Waals surface area contributed by atoms with E-state index in [1.54, 1.807) is 61.7 Å². The van der Waals surface area contributed by atoms with Gasteiger partial charge in [-0.1, -0.05) is 55.4 Å².